The van der Waals surface area contributed by atoms with E-state index in [2.05, 4.69) is 13.8 Å². The van der Waals surface area contributed by atoms with E-state index in [-0.39, 0.29) is 17.6 Å². The van der Waals surface area contributed by atoms with Crippen LogP contribution in [-0.2, 0) is 6.54 Å². The van der Waals surface area contributed by atoms with Crippen LogP contribution in [0.4, 0.5) is 14.5 Å². The van der Waals surface area contributed by atoms with Gasteiger partial charge in [-0.05, 0) is 42.4 Å². The van der Waals surface area contributed by atoms with Crippen molar-refractivity contribution in [2.45, 2.75) is 39.7 Å². The number of nitrogens with two attached hydrogens (primary N) is 1. The summed E-state index contributed by atoms with van der Waals surface area (Å²) in [5.41, 5.74) is 6.24. The molecule has 2 nitrogen and oxygen atoms in total. The molecule has 106 valence electrons. The molecule has 0 saturated carbocycles. The monoisotopic (exact) mass is 268 g/mol. The minimum atomic E-state index is -0.497. The second-order valence-electron chi connectivity index (χ2n) is 5.49. The summed E-state index contributed by atoms with van der Waals surface area (Å²) in [5, 5.41) is 0. The van der Waals surface area contributed by atoms with Crippen LogP contribution in [0.2, 0.25) is 0 Å². The van der Waals surface area contributed by atoms with Crippen molar-refractivity contribution in [2.75, 3.05) is 18.0 Å². The van der Waals surface area contributed by atoms with Crippen LogP contribution in [0.3, 0.4) is 0 Å². The van der Waals surface area contributed by atoms with Gasteiger partial charge in [-0.15, -0.1) is 0 Å². The predicted molar refractivity (Wildman–Crippen MR) is 74.1 cm³/mol. The molecule has 1 aromatic carbocycles. The molecule has 19 heavy (non-hydrogen) atoms. The third kappa shape index (κ3) is 2.59. The van der Waals surface area contributed by atoms with Gasteiger partial charge in [-0.25, -0.2) is 8.78 Å². The van der Waals surface area contributed by atoms with E-state index in [4.69, 9.17) is 5.73 Å². The van der Waals surface area contributed by atoms with Gasteiger partial charge in [0.05, 0.1) is 0 Å². The van der Waals surface area contributed by atoms with Crippen LogP contribution >= 0.6 is 0 Å². The van der Waals surface area contributed by atoms with Crippen molar-refractivity contribution in [3.63, 3.8) is 0 Å². The lowest BCUT2D eigenvalue weighted by atomic mass is 9.82. The Labute approximate surface area is 113 Å². The minimum Gasteiger partial charge on any atom is -0.366 e. The maximum Gasteiger partial charge on any atom is 0.149 e. The van der Waals surface area contributed by atoms with Crippen molar-refractivity contribution in [3.8, 4) is 0 Å². The van der Waals surface area contributed by atoms with Gasteiger partial charge in [0, 0.05) is 19.6 Å². The first-order valence-corrected chi connectivity index (χ1v) is 6.98. The van der Waals surface area contributed by atoms with E-state index in [0.29, 0.717) is 5.56 Å². The molecular weight excluding hydrogens is 246 g/mol. The van der Waals surface area contributed by atoms with Crippen LogP contribution in [0.1, 0.15) is 38.7 Å². The van der Waals surface area contributed by atoms with Gasteiger partial charge in [0.2, 0.25) is 0 Å². The van der Waals surface area contributed by atoms with Gasteiger partial charge in [-0.2, -0.15) is 0 Å². The van der Waals surface area contributed by atoms with Gasteiger partial charge in [0.25, 0.3) is 0 Å². The predicted octanol–water partition coefficient (Wildman–Crippen LogP) is 3.44. The first-order chi connectivity index (χ1) is 9.05. The average Bonchev–Trinajstić information content (AvgIpc) is 2.82. The standard InChI is InChI=1S/C15H22F2N2/c1-3-15(4-2)5-6-19(10-15)14-12(16)7-11(9-18)8-13(14)17/h7-8H,3-6,9-10,18H2,1-2H3. The van der Waals surface area contributed by atoms with Gasteiger partial charge in [0.1, 0.15) is 17.3 Å². The molecule has 1 fully saturated rings. The fraction of sp³-hybridized carbons (Fsp3) is 0.600. The molecular formula is C15H22F2N2. The fourth-order valence-corrected chi connectivity index (χ4v) is 2.99. The highest BCUT2D eigenvalue weighted by Gasteiger charge is 2.36. The lowest BCUT2D eigenvalue weighted by Crippen LogP contribution is -2.27. The molecule has 1 aliphatic heterocycles. The molecule has 1 saturated heterocycles. The first kappa shape index (κ1) is 14.3. The van der Waals surface area contributed by atoms with E-state index in [1.54, 1.807) is 0 Å². The smallest absolute Gasteiger partial charge is 0.149 e. The number of rotatable bonds is 4. The van der Waals surface area contributed by atoms with Crippen molar-refractivity contribution in [2.24, 2.45) is 11.1 Å². The molecule has 1 heterocycles. The van der Waals surface area contributed by atoms with Crippen LogP contribution in [0.5, 0.6) is 0 Å². The number of hydrogen-bond donors (Lipinski definition) is 1. The number of benzene rings is 1. The number of nitrogens with zero attached hydrogens (tertiary/aromatic N) is 1. The first-order valence-electron chi connectivity index (χ1n) is 6.98. The quantitative estimate of drug-likeness (QED) is 0.906. The summed E-state index contributed by atoms with van der Waals surface area (Å²) < 4.78 is 28.1. The van der Waals surface area contributed by atoms with Gasteiger partial charge in [-0.3, -0.25) is 0 Å². The van der Waals surface area contributed by atoms with E-state index < -0.39 is 11.6 Å². The minimum absolute atomic E-state index is 0.112. The zero-order valence-electron chi connectivity index (χ0n) is 11.7. The van der Waals surface area contributed by atoms with Crippen LogP contribution in [0.25, 0.3) is 0 Å². The summed E-state index contributed by atoms with van der Waals surface area (Å²) in [7, 11) is 0. The van der Waals surface area contributed by atoms with Crippen molar-refractivity contribution in [1.29, 1.82) is 0 Å². The Morgan fingerprint density at radius 2 is 1.79 bits per heavy atom. The van der Waals surface area contributed by atoms with Gasteiger partial charge < -0.3 is 10.6 Å². The summed E-state index contributed by atoms with van der Waals surface area (Å²) in [4.78, 5) is 1.85. The highest BCUT2D eigenvalue weighted by Crippen LogP contribution is 2.40. The second-order valence-corrected chi connectivity index (χ2v) is 5.49. The van der Waals surface area contributed by atoms with Crippen molar-refractivity contribution in [3.05, 3.63) is 29.3 Å². The maximum absolute atomic E-state index is 14.1. The number of anilines is 1. The van der Waals surface area contributed by atoms with Gasteiger partial charge >= 0.3 is 0 Å². The molecule has 0 aliphatic carbocycles. The molecule has 0 unspecified atom stereocenters. The topological polar surface area (TPSA) is 29.3 Å². The van der Waals surface area contributed by atoms with Crippen LogP contribution < -0.4 is 10.6 Å². The maximum atomic E-state index is 14.1. The Morgan fingerprint density at radius 1 is 1.21 bits per heavy atom. The van der Waals surface area contributed by atoms with Crippen LogP contribution in [0, 0.1) is 17.0 Å². The zero-order chi connectivity index (χ0) is 14.0. The third-order valence-electron chi connectivity index (χ3n) is 4.57. The molecule has 1 aliphatic rings. The lowest BCUT2D eigenvalue weighted by Gasteiger charge is -2.27. The number of halogens is 2. The zero-order valence-corrected chi connectivity index (χ0v) is 11.7. The Bertz CT molecular complexity index is 432. The SMILES string of the molecule is CCC1(CC)CCN(c2c(F)cc(CN)cc2F)C1. The molecule has 0 spiro atoms. The average molecular weight is 268 g/mol. The second kappa shape index (κ2) is 5.45. The Kier molecular flexibility index (Phi) is 4.09. The van der Waals surface area contributed by atoms with E-state index in [9.17, 15) is 8.78 Å². The molecule has 0 aromatic heterocycles. The summed E-state index contributed by atoms with van der Waals surface area (Å²) in [5.74, 6) is -0.994. The molecule has 2 rings (SSSR count). The Balaban J connectivity index is 2.29. The van der Waals surface area contributed by atoms with Gasteiger partial charge in [0.15, 0.2) is 0 Å². The summed E-state index contributed by atoms with van der Waals surface area (Å²) in [6.45, 7) is 5.91. The van der Waals surface area contributed by atoms with Crippen LogP contribution in [0.15, 0.2) is 12.1 Å². The summed E-state index contributed by atoms with van der Waals surface area (Å²) >= 11 is 0. The van der Waals surface area contributed by atoms with E-state index in [1.807, 2.05) is 4.90 Å². The lowest BCUT2D eigenvalue weighted by molar-refractivity contribution is 0.301. The molecule has 0 radical (unpaired) electrons. The molecule has 4 heteroatoms. The molecule has 0 amide bonds. The highest BCUT2D eigenvalue weighted by atomic mass is 19.1. The van der Waals surface area contributed by atoms with Gasteiger partial charge in [-0.1, -0.05) is 13.8 Å². The van der Waals surface area contributed by atoms with E-state index in [0.717, 1.165) is 32.4 Å². The molecule has 2 N–H and O–H groups in total. The van der Waals surface area contributed by atoms with Crippen molar-refractivity contribution in [1.82, 2.24) is 0 Å². The van der Waals surface area contributed by atoms with E-state index >= 15 is 0 Å². The van der Waals surface area contributed by atoms with Crippen LogP contribution in [-0.4, -0.2) is 13.1 Å². The third-order valence-corrected chi connectivity index (χ3v) is 4.57. The van der Waals surface area contributed by atoms with Crippen molar-refractivity contribution >= 4 is 5.69 Å². The Morgan fingerprint density at radius 3 is 2.21 bits per heavy atom. The number of hydrogen-bond acceptors (Lipinski definition) is 2. The molecule has 0 atom stereocenters. The largest absolute Gasteiger partial charge is 0.366 e. The van der Waals surface area contributed by atoms with Crippen molar-refractivity contribution < 1.29 is 8.78 Å². The fourth-order valence-electron chi connectivity index (χ4n) is 2.99. The highest BCUT2D eigenvalue weighted by molar-refractivity contribution is 5.52. The van der Waals surface area contributed by atoms with E-state index in [1.165, 1.54) is 12.1 Å². The molecule has 1 aromatic rings. The Hall–Kier alpha value is -1.16. The normalized spacial score (nSPS) is 18.1. The molecule has 0 bridgehead atoms. The summed E-state index contributed by atoms with van der Waals surface area (Å²) in [6.07, 6.45) is 3.09. The summed E-state index contributed by atoms with van der Waals surface area (Å²) in [6, 6.07) is 2.69.